The van der Waals surface area contributed by atoms with Gasteiger partial charge in [0, 0.05) is 18.8 Å². The molecule has 0 saturated heterocycles. The number of esters is 1. The van der Waals surface area contributed by atoms with Crippen LogP contribution in [0, 0.1) is 0 Å². The maximum Gasteiger partial charge on any atom is 0.360 e. The number of nitrogens with zero attached hydrogens (tertiary/aromatic N) is 3. The van der Waals surface area contributed by atoms with Crippen LogP contribution in [0.2, 0.25) is 0 Å². The summed E-state index contributed by atoms with van der Waals surface area (Å²) in [5.74, 6) is 1.33. The first-order valence-corrected chi connectivity index (χ1v) is 6.58. The van der Waals surface area contributed by atoms with E-state index in [9.17, 15) is 4.79 Å². The van der Waals surface area contributed by atoms with Crippen molar-refractivity contribution in [2.75, 3.05) is 12.8 Å². The number of nitrogens with one attached hydrogen (secondary N) is 1. The van der Waals surface area contributed by atoms with Crippen LogP contribution in [-0.4, -0.2) is 32.6 Å². The number of rotatable bonds is 5. The molecule has 0 aromatic carbocycles. The van der Waals surface area contributed by atoms with Crippen molar-refractivity contribution in [2.45, 2.75) is 32.7 Å². The zero-order valence-corrected chi connectivity index (χ0v) is 11.9. The first-order chi connectivity index (χ1) is 9.63. The molecular weight excluding hydrogens is 258 g/mol. The molecule has 3 N–H and O–H groups in total. The number of aryl methyl sites for hydroxylation is 1. The number of ether oxygens (including phenoxy) is 1. The molecule has 0 aliphatic rings. The van der Waals surface area contributed by atoms with E-state index in [2.05, 4.69) is 15.0 Å². The number of hydrogen-bond acceptors (Lipinski definition) is 5. The van der Waals surface area contributed by atoms with Crippen molar-refractivity contribution in [3.8, 4) is 0 Å². The predicted octanol–water partition coefficient (Wildman–Crippen LogP) is 1.54. The smallest absolute Gasteiger partial charge is 0.360 e. The number of H-pyrrole nitrogens is 1. The van der Waals surface area contributed by atoms with Gasteiger partial charge in [0.1, 0.15) is 17.5 Å². The third-order valence-corrected chi connectivity index (χ3v) is 3.25. The quantitative estimate of drug-likeness (QED) is 0.808. The van der Waals surface area contributed by atoms with E-state index in [0.29, 0.717) is 12.2 Å². The van der Waals surface area contributed by atoms with E-state index in [1.54, 1.807) is 12.4 Å². The second-order valence-corrected chi connectivity index (χ2v) is 4.38. The predicted molar refractivity (Wildman–Crippen MR) is 74.4 cm³/mol. The van der Waals surface area contributed by atoms with Gasteiger partial charge in [-0.1, -0.05) is 13.8 Å². The number of aromatic nitrogens is 4. The monoisotopic (exact) mass is 277 g/mol. The second-order valence-electron chi connectivity index (χ2n) is 4.38. The summed E-state index contributed by atoms with van der Waals surface area (Å²) in [7, 11) is 1.32. The van der Waals surface area contributed by atoms with Crippen LogP contribution in [0.5, 0.6) is 0 Å². The Hall–Kier alpha value is -2.31. The molecular formula is C13H19N5O2. The molecule has 1 unspecified atom stereocenters. The topological polar surface area (TPSA) is 98.8 Å². The molecule has 0 fully saturated rings. The molecule has 0 bridgehead atoms. The zero-order chi connectivity index (χ0) is 14.7. The summed E-state index contributed by atoms with van der Waals surface area (Å²) in [6.07, 6.45) is 4.90. The van der Waals surface area contributed by atoms with E-state index in [1.807, 2.05) is 18.4 Å². The number of nitrogens with two attached hydrogens (primary N) is 1. The largest absolute Gasteiger partial charge is 0.464 e. The third kappa shape index (κ3) is 2.26. The maximum absolute atomic E-state index is 11.7. The number of nitrogen functional groups attached to an aromatic ring is 1. The highest BCUT2D eigenvalue weighted by Gasteiger charge is 2.26. The van der Waals surface area contributed by atoms with Crippen molar-refractivity contribution in [1.82, 2.24) is 19.5 Å². The fourth-order valence-electron chi connectivity index (χ4n) is 2.30. The number of methoxy groups -OCH3 is 1. The highest BCUT2D eigenvalue weighted by molar-refractivity contribution is 5.92. The standard InChI is InChI=1S/C13H19N5O2/c1-4-8(12-15-6-7-16-12)18-9(5-2)17-10(11(18)14)13(19)20-3/h6-8H,4-5,14H2,1-3H3,(H,15,16). The summed E-state index contributed by atoms with van der Waals surface area (Å²) in [5.41, 5.74) is 6.26. The summed E-state index contributed by atoms with van der Waals surface area (Å²) in [6.45, 7) is 4.00. The van der Waals surface area contributed by atoms with E-state index in [1.165, 1.54) is 7.11 Å². The second kappa shape index (κ2) is 5.77. The van der Waals surface area contributed by atoms with Gasteiger partial charge in [0.2, 0.25) is 0 Å². The Morgan fingerprint density at radius 1 is 1.55 bits per heavy atom. The van der Waals surface area contributed by atoms with Crippen molar-refractivity contribution in [3.05, 3.63) is 29.7 Å². The molecule has 0 saturated carbocycles. The lowest BCUT2D eigenvalue weighted by Crippen LogP contribution is -2.17. The van der Waals surface area contributed by atoms with Crippen molar-refractivity contribution in [3.63, 3.8) is 0 Å². The van der Waals surface area contributed by atoms with Crippen molar-refractivity contribution in [1.29, 1.82) is 0 Å². The molecule has 0 spiro atoms. The van der Waals surface area contributed by atoms with Crippen molar-refractivity contribution < 1.29 is 9.53 Å². The van der Waals surface area contributed by atoms with Crippen LogP contribution in [0.1, 0.15) is 48.4 Å². The molecule has 1 atom stereocenters. The fourth-order valence-corrected chi connectivity index (χ4v) is 2.30. The van der Waals surface area contributed by atoms with Crippen LogP contribution in [-0.2, 0) is 11.2 Å². The van der Waals surface area contributed by atoms with E-state index in [0.717, 1.165) is 18.1 Å². The number of carbonyl (C=O) groups is 1. The third-order valence-electron chi connectivity index (χ3n) is 3.25. The van der Waals surface area contributed by atoms with E-state index >= 15 is 0 Å². The van der Waals surface area contributed by atoms with Crippen LogP contribution in [0.3, 0.4) is 0 Å². The van der Waals surface area contributed by atoms with Gasteiger partial charge in [0.15, 0.2) is 5.69 Å². The summed E-state index contributed by atoms with van der Waals surface area (Å²) in [4.78, 5) is 23.4. The molecule has 2 aromatic heterocycles. The van der Waals surface area contributed by atoms with Gasteiger partial charge in [0.25, 0.3) is 0 Å². The van der Waals surface area contributed by atoms with Crippen molar-refractivity contribution in [2.24, 2.45) is 0 Å². The highest BCUT2D eigenvalue weighted by atomic mass is 16.5. The normalized spacial score (nSPS) is 12.3. The molecule has 2 rings (SSSR count). The summed E-state index contributed by atoms with van der Waals surface area (Å²) in [6, 6.07) is -0.0779. The van der Waals surface area contributed by atoms with Gasteiger partial charge in [-0.15, -0.1) is 0 Å². The van der Waals surface area contributed by atoms with E-state index in [4.69, 9.17) is 10.5 Å². The van der Waals surface area contributed by atoms with Gasteiger partial charge in [-0.25, -0.2) is 14.8 Å². The molecule has 7 nitrogen and oxygen atoms in total. The van der Waals surface area contributed by atoms with Gasteiger partial charge < -0.3 is 20.0 Å². The number of carbonyl (C=O) groups excluding carboxylic acids is 1. The molecule has 2 heterocycles. The number of anilines is 1. The first kappa shape index (κ1) is 14.1. The van der Waals surface area contributed by atoms with Gasteiger partial charge >= 0.3 is 5.97 Å². The van der Waals surface area contributed by atoms with E-state index in [-0.39, 0.29) is 11.7 Å². The van der Waals surface area contributed by atoms with Crippen LogP contribution >= 0.6 is 0 Å². The zero-order valence-electron chi connectivity index (χ0n) is 11.9. The maximum atomic E-state index is 11.7. The fraction of sp³-hybridized carbons (Fsp3) is 0.462. The Balaban J connectivity index is 2.54. The molecule has 0 radical (unpaired) electrons. The van der Waals surface area contributed by atoms with Crippen molar-refractivity contribution >= 4 is 11.8 Å². The van der Waals surface area contributed by atoms with Crippen LogP contribution < -0.4 is 5.73 Å². The SMILES string of the molecule is CCc1nc(C(=O)OC)c(N)n1C(CC)c1ncc[nH]1. The molecule has 0 aliphatic carbocycles. The average molecular weight is 277 g/mol. The lowest BCUT2D eigenvalue weighted by molar-refractivity contribution is 0.0595. The van der Waals surface area contributed by atoms with E-state index < -0.39 is 5.97 Å². The Morgan fingerprint density at radius 3 is 2.80 bits per heavy atom. The number of imidazole rings is 2. The van der Waals surface area contributed by atoms with Gasteiger partial charge in [-0.2, -0.15) is 0 Å². The summed E-state index contributed by atoms with van der Waals surface area (Å²) in [5, 5.41) is 0. The molecule has 0 aliphatic heterocycles. The Labute approximate surface area is 117 Å². The Morgan fingerprint density at radius 2 is 2.30 bits per heavy atom. The van der Waals surface area contributed by atoms with Gasteiger partial charge in [-0.05, 0) is 6.42 Å². The molecule has 108 valence electrons. The van der Waals surface area contributed by atoms with Crippen LogP contribution in [0.15, 0.2) is 12.4 Å². The summed E-state index contributed by atoms with van der Waals surface area (Å²) >= 11 is 0. The lowest BCUT2D eigenvalue weighted by atomic mass is 10.2. The number of hydrogen-bond donors (Lipinski definition) is 2. The van der Waals surface area contributed by atoms with Gasteiger partial charge in [-0.3, -0.25) is 0 Å². The highest BCUT2D eigenvalue weighted by Crippen LogP contribution is 2.27. The van der Waals surface area contributed by atoms with Crippen LogP contribution in [0.4, 0.5) is 5.82 Å². The van der Waals surface area contributed by atoms with Gasteiger partial charge in [0.05, 0.1) is 13.2 Å². The molecule has 0 amide bonds. The molecule has 7 heteroatoms. The number of aromatic amines is 1. The minimum Gasteiger partial charge on any atom is -0.464 e. The average Bonchev–Trinajstić information content (AvgIpc) is 3.09. The molecule has 20 heavy (non-hydrogen) atoms. The summed E-state index contributed by atoms with van der Waals surface area (Å²) < 4.78 is 6.57. The minimum absolute atomic E-state index is 0.0779. The minimum atomic E-state index is -0.523. The first-order valence-electron chi connectivity index (χ1n) is 6.58. The molecule has 2 aromatic rings. The Bertz CT molecular complexity index is 588. The van der Waals surface area contributed by atoms with Crippen LogP contribution in [0.25, 0.3) is 0 Å². The Kier molecular flexibility index (Phi) is 4.07. The lowest BCUT2D eigenvalue weighted by Gasteiger charge is -2.18.